The standard InChI is InChI=1S/C6H13NO3S2/c1-6(2,7-5(8)9)4-10-12(3)11/h7H,4H2,1-3H3,(H,8,9). The molecule has 4 nitrogen and oxygen atoms in total. The molecule has 6 heteroatoms. The van der Waals surface area contributed by atoms with Crippen molar-refractivity contribution in [3.05, 3.63) is 0 Å². The predicted molar refractivity (Wildman–Crippen MR) is 51.8 cm³/mol. The van der Waals surface area contributed by atoms with Crippen molar-refractivity contribution in [2.24, 2.45) is 0 Å². The Kier molecular flexibility index (Phi) is 4.66. The summed E-state index contributed by atoms with van der Waals surface area (Å²) in [5.74, 6) is 0. The van der Waals surface area contributed by atoms with Gasteiger partial charge in [-0.3, -0.25) is 0 Å². The summed E-state index contributed by atoms with van der Waals surface area (Å²) in [7, 11) is -0.526. The molecule has 0 bridgehead atoms. The summed E-state index contributed by atoms with van der Waals surface area (Å²) in [4.78, 5) is 10.3. The van der Waals surface area contributed by atoms with Gasteiger partial charge in [0.15, 0.2) is 0 Å². The number of hydrogen-bond acceptors (Lipinski definition) is 3. The van der Waals surface area contributed by atoms with Crippen LogP contribution < -0.4 is 5.32 Å². The second-order valence-corrected chi connectivity index (χ2v) is 5.42. The quantitative estimate of drug-likeness (QED) is 0.717. The Balaban J connectivity index is 3.86. The first-order chi connectivity index (χ1) is 5.33. The molecule has 0 radical (unpaired) electrons. The fourth-order valence-corrected chi connectivity index (χ4v) is 1.16. The first-order valence-electron chi connectivity index (χ1n) is 3.31. The van der Waals surface area contributed by atoms with Gasteiger partial charge in [0.1, 0.15) is 0 Å². The lowest BCUT2D eigenvalue weighted by atomic mass is 10.1. The lowest BCUT2D eigenvalue weighted by Gasteiger charge is -2.23. The van der Waals surface area contributed by atoms with Gasteiger partial charge >= 0.3 is 6.09 Å². The van der Waals surface area contributed by atoms with Crippen LogP contribution in [0.4, 0.5) is 4.79 Å². The number of amides is 1. The molecule has 0 heterocycles. The van der Waals surface area contributed by atoms with Gasteiger partial charge in [-0.25, -0.2) is 4.79 Å². The van der Waals surface area contributed by atoms with E-state index in [9.17, 15) is 4.79 Å². The molecule has 0 spiro atoms. The predicted octanol–water partition coefficient (Wildman–Crippen LogP) is 0.674. The highest BCUT2D eigenvalue weighted by Gasteiger charge is 2.20. The van der Waals surface area contributed by atoms with Crippen molar-refractivity contribution in [3.8, 4) is 0 Å². The molecule has 1 unspecified atom stereocenters. The van der Waals surface area contributed by atoms with Crippen LogP contribution in [0.25, 0.3) is 0 Å². The molecule has 2 N–H and O–H groups in total. The summed E-state index contributed by atoms with van der Waals surface area (Å²) >= 11 is 4.79. The largest absolute Gasteiger partial charge is 0.465 e. The zero-order valence-corrected chi connectivity index (χ0v) is 8.92. The molecule has 0 aromatic carbocycles. The van der Waals surface area contributed by atoms with Gasteiger partial charge in [0.2, 0.25) is 0 Å². The van der Waals surface area contributed by atoms with Crippen LogP contribution in [-0.2, 0) is 25.1 Å². The van der Waals surface area contributed by atoms with Crippen LogP contribution in [-0.4, -0.2) is 29.6 Å². The third-order valence-electron chi connectivity index (χ3n) is 1.03. The van der Waals surface area contributed by atoms with Gasteiger partial charge < -0.3 is 14.6 Å². The Hall–Kier alpha value is -0.200. The van der Waals surface area contributed by atoms with E-state index in [-0.39, 0.29) is 0 Å². The first kappa shape index (κ1) is 11.8. The van der Waals surface area contributed by atoms with E-state index in [0.717, 1.165) is 0 Å². The third-order valence-corrected chi connectivity index (χ3v) is 1.77. The summed E-state index contributed by atoms with van der Waals surface area (Å²) in [5, 5.41) is 10.7. The van der Waals surface area contributed by atoms with Crippen LogP contribution in [0, 0.1) is 0 Å². The normalized spacial score (nSPS) is 13.9. The lowest BCUT2D eigenvalue weighted by Crippen LogP contribution is -2.46. The van der Waals surface area contributed by atoms with Gasteiger partial charge in [-0.2, -0.15) is 0 Å². The second kappa shape index (κ2) is 4.74. The summed E-state index contributed by atoms with van der Waals surface area (Å²) in [5.41, 5.74) is -0.577. The molecule has 0 saturated heterocycles. The molecular weight excluding hydrogens is 198 g/mol. The fraction of sp³-hybridized carbons (Fsp3) is 0.833. The molecule has 1 amide bonds. The molecule has 0 aliphatic heterocycles. The van der Waals surface area contributed by atoms with E-state index in [4.69, 9.17) is 20.5 Å². The summed E-state index contributed by atoms with van der Waals surface area (Å²) in [6, 6.07) is 0. The van der Waals surface area contributed by atoms with E-state index >= 15 is 0 Å². The number of carbonyl (C=O) groups is 1. The molecule has 0 rings (SSSR count). The van der Waals surface area contributed by atoms with Crippen LogP contribution in [0.3, 0.4) is 0 Å². The highest BCUT2D eigenvalue weighted by molar-refractivity contribution is 8.25. The van der Waals surface area contributed by atoms with E-state index < -0.39 is 21.4 Å². The van der Waals surface area contributed by atoms with Crippen LogP contribution in [0.15, 0.2) is 0 Å². The minimum absolute atomic E-state index is 0.294. The maximum atomic E-state index is 10.3. The fourth-order valence-electron chi connectivity index (χ4n) is 0.556. The van der Waals surface area contributed by atoms with Gasteiger partial charge in [0.25, 0.3) is 0 Å². The zero-order chi connectivity index (χ0) is 9.78. The molecule has 1 atom stereocenters. The molecule has 0 aliphatic rings. The number of nitrogens with one attached hydrogen (secondary N) is 1. The van der Waals surface area contributed by atoms with E-state index in [1.165, 1.54) is 0 Å². The molecule has 72 valence electrons. The Morgan fingerprint density at radius 1 is 1.75 bits per heavy atom. The second-order valence-electron chi connectivity index (χ2n) is 2.98. The molecule has 0 fully saturated rings. The van der Waals surface area contributed by atoms with Gasteiger partial charge in [-0.15, -0.1) is 0 Å². The van der Waals surface area contributed by atoms with Crippen molar-refractivity contribution in [2.75, 3.05) is 12.9 Å². The Morgan fingerprint density at radius 3 is 2.58 bits per heavy atom. The van der Waals surface area contributed by atoms with Gasteiger partial charge in [-0.05, 0) is 25.0 Å². The SMILES string of the molecule is CS(=S)OCC(C)(C)NC(=O)O. The van der Waals surface area contributed by atoms with Crippen molar-refractivity contribution < 1.29 is 14.1 Å². The number of carboxylic acid groups (broad SMARTS) is 1. The average Bonchev–Trinajstić information content (AvgIpc) is 1.81. The van der Waals surface area contributed by atoms with E-state index in [1.54, 1.807) is 20.1 Å². The molecule has 0 aromatic rings. The topological polar surface area (TPSA) is 58.6 Å². The van der Waals surface area contributed by atoms with Crippen LogP contribution in [0.2, 0.25) is 0 Å². The van der Waals surface area contributed by atoms with Crippen LogP contribution in [0.5, 0.6) is 0 Å². The minimum Gasteiger partial charge on any atom is -0.465 e. The van der Waals surface area contributed by atoms with Crippen LogP contribution in [0.1, 0.15) is 13.8 Å². The van der Waals surface area contributed by atoms with E-state index in [0.29, 0.717) is 6.61 Å². The van der Waals surface area contributed by atoms with Crippen molar-refractivity contribution in [2.45, 2.75) is 19.4 Å². The summed E-state index contributed by atoms with van der Waals surface area (Å²) in [6.45, 7) is 3.77. The Labute approximate surface area is 79.1 Å². The van der Waals surface area contributed by atoms with Gasteiger partial charge in [-0.1, -0.05) is 0 Å². The summed E-state index contributed by atoms with van der Waals surface area (Å²) < 4.78 is 5.12. The average molecular weight is 211 g/mol. The Bertz CT molecular complexity index is 193. The Morgan fingerprint density at radius 2 is 2.25 bits per heavy atom. The van der Waals surface area contributed by atoms with Crippen molar-refractivity contribution in [1.82, 2.24) is 5.32 Å². The molecule has 0 aromatic heterocycles. The van der Waals surface area contributed by atoms with E-state index in [1.807, 2.05) is 0 Å². The molecular formula is C6H13NO3S2. The third kappa shape index (κ3) is 6.51. The van der Waals surface area contributed by atoms with Crippen molar-refractivity contribution in [3.63, 3.8) is 0 Å². The van der Waals surface area contributed by atoms with Crippen molar-refractivity contribution >= 4 is 27.0 Å². The highest BCUT2D eigenvalue weighted by atomic mass is 32.8. The molecule has 0 aliphatic carbocycles. The van der Waals surface area contributed by atoms with Gasteiger partial charge in [0, 0.05) is 16.0 Å². The maximum Gasteiger partial charge on any atom is 0.405 e. The smallest absolute Gasteiger partial charge is 0.405 e. The van der Waals surface area contributed by atoms with E-state index in [2.05, 4.69) is 5.32 Å². The van der Waals surface area contributed by atoms with Gasteiger partial charge in [0.05, 0.1) is 12.1 Å². The lowest BCUT2D eigenvalue weighted by molar-refractivity contribution is 0.168. The zero-order valence-electron chi connectivity index (χ0n) is 7.29. The highest BCUT2D eigenvalue weighted by Crippen LogP contribution is 2.03. The molecule has 12 heavy (non-hydrogen) atoms. The first-order valence-corrected chi connectivity index (χ1v) is 5.79. The van der Waals surface area contributed by atoms with Crippen molar-refractivity contribution in [1.29, 1.82) is 0 Å². The monoisotopic (exact) mass is 211 g/mol. The maximum absolute atomic E-state index is 10.3. The van der Waals surface area contributed by atoms with Crippen LogP contribution >= 0.6 is 0 Å². The molecule has 0 saturated carbocycles. The number of rotatable bonds is 4. The minimum atomic E-state index is -1.05. The number of hydrogen-bond donors (Lipinski definition) is 2. The summed E-state index contributed by atoms with van der Waals surface area (Å²) in [6.07, 6.45) is 0.704.